The van der Waals surface area contributed by atoms with Crippen LogP contribution < -0.4 is 9.47 Å². The van der Waals surface area contributed by atoms with Crippen LogP contribution in [-0.4, -0.2) is 7.05 Å². The van der Waals surface area contributed by atoms with Crippen molar-refractivity contribution in [2.24, 2.45) is 7.05 Å². The quantitative estimate of drug-likeness (QED) is 0.256. The van der Waals surface area contributed by atoms with E-state index in [-0.39, 0.29) is 0 Å². The summed E-state index contributed by atoms with van der Waals surface area (Å²) in [6.07, 6.45) is 4.61. The number of hydrogen-bond donors (Lipinski definition) is 0. The first kappa shape index (κ1) is 19.6. The number of allylic oxidation sites excluding steroid dienone is 2. The predicted octanol–water partition coefficient (Wildman–Crippen LogP) is 7.52. The largest absolute Gasteiger partial charge is 0.338 e. The molecule has 4 aromatic carbocycles. The molecule has 0 saturated carbocycles. The molecular formula is C28H23N2S2+. The van der Waals surface area contributed by atoms with Crippen molar-refractivity contribution in [2.75, 3.05) is 11.9 Å². The summed E-state index contributed by atoms with van der Waals surface area (Å²) in [4.78, 5) is 3.66. The third-order valence-electron chi connectivity index (χ3n) is 6.22. The molecule has 0 N–H and O–H groups in total. The smallest absolute Gasteiger partial charge is 0.262 e. The van der Waals surface area contributed by atoms with E-state index in [4.69, 9.17) is 0 Å². The average molecular weight is 452 g/mol. The average Bonchev–Trinajstić information content (AvgIpc) is 3.30. The van der Waals surface area contributed by atoms with Crippen molar-refractivity contribution in [1.82, 2.24) is 0 Å². The number of thioether (sulfide) groups is 1. The van der Waals surface area contributed by atoms with Gasteiger partial charge in [0.15, 0.2) is 0 Å². The van der Waals surface area contributed by atoms with E-state index in [0.29, 0.717) is 0 Å². The van der Waals surface area contributed by atoms with Crippen LogP contribution in [0.25, 0.3) is 37.8 Å². The van der Waals surface area contributed by atoms with Crippen molar-refractivity contribution in [3.8, 4) is 0 Å². The summed E-state index contributed by atoms with van der Waals surface area (Å²) in [6.45, 7) is 2.20. The van der Waals surface area contributed by atoms with Crippen molar-refractivity contribution in [2.45, 2.75) is 11.8 Å². The molecule has 0 aliphatic carbocycles. The highest BCUT2D eigenvalue weighted by molar-refractivity contribution is 8.04. The fraction of sp³-hybridized carbons (Fsp3) is 0.107. The minimum absolute atomic E-state index is 1.25. The molecule has 1 aliphatic rings. The second kappa shape index (κ2) is 7.51. The zero-order valence-electron chi connectivity index (χ0n) is 18.3. The number of benzene rings is 4. The van der Waals surface area contributed by atoms with Gasteiger partial charge in [-0.3, -0.25) is 0 Å². The van der Waals surface area contributed by atoms with E-state index >= 15 is 0 Å². The Bertz CT molecular complexity index is 1590. The van der Waals surface area contributed by atoms with Gasteiger partial charge in [0.1, 0.15) is 11.7 Å². The molecule has 6 rings (SSSR count). The summed E-state index contributed by atoms with van der Waals surface area (Å²) < 4.78 is 3.66. The van der Waals surface area contributed by atoms with Gasteiger partial charge in [0.25, 0.3) is 5.01 Å². The summed E-state index contributed by atoms with van der Waals surface area (Å²) in [5, 5.41) is 7.78. The molecule has 0 atom stereocenters. The molecule has 0 unspecified atom stereocenters. The van der Waals surface area contributed by atoms with Crippen molar-refractivity contribution >= 4 is 66.6 Å². The summed E-state index contributed by atoms with van der Waals surface area (Å²) in [7, 11) is 4.33. The van der Waals surface area contributed by atoms with Gasteiger partial charge < -0.3 is 4.90 Å². The van der Waals surface area contributed by atoms with Gasteiger partial charge in [-0.2, -0.15) is 4.57 Å². The third-order valence-corrected chi connectivity index (χ3v) is 8.69. The SMILES string of the molecule is CC(=C\c1sc2c3ccccc3ccc2[n+]1C)/C=C1/Sc2c(ccc3ccccc23)N1C. The molecule has 4 heteroatoms. The van der Waals surface area contributed by atoms with Crippen LogP contribution in [0.2, 0.25) is 0 Å². The van der Waals surface area contributed by atoms with E-state index in [9.17, 15) is 0 Å². The van der Waals surface area contributed by atoms with Crippen molar-refractivity contribution in [3.05, 3.63) is 94.5 Å². The van der Waals surface area contributed by atoms with Gasteiger partial charge in [-0.05, 0) is 46.9 Å². The highest BCUT2D eigenvalue weighted by Gasteiger charge is 2.24. The van der Waals surface area contributed by atoms with Crippen LogP contribution in [0.1, 0.15) is 11.9 Å². The Morgan fingerprint density at radius 1 is 0.875 bits per heavy atom. The minimum Gasteiger partial charge on any atom is -0.338 e. The van der Waals surface area contributed by atoms with E-state index < -0.39 is 0 Å². The van der Waals surface area contributed by atoms with E-state index in [2.05, 4.69) is 115 Å². The van der Waals surface area contributed by atoms with Crippen molar-refractivity contribution in [3.63, 3.8) is 0 Å². The van der Waals surface area contributed by atoms with E-state index in [1.165, 1.54) is 58.0 Å². The van der Waals surface area contributed by atoms with E-state index in [1.54, 1.807) is 0 Å². The van der Waals surface area contributed by atoms with Crippen LogP contribution in [0.15, 0.2) is 94.4 Å². The normalized spacial score (nSPS) is 15.4. The van der Waals surface area contributed by atoms with Gasteiger partial charge >= 0.3 is 0 Å². The lowest BCUT2D eigenvalue weighted by molar-refractivity contribution is -0.642. The zero-order valence-corrected chi connectivity index (χ0v) is 19.9. The van der Waals surface area contributed by atoms with Crippen LogP contribution in [0.5, 0.6) is 0 Å². The minimum atomic E-state index is 1.25. The molecule has 0 spiro atoms. The Hall–Kier alpha value is -3.08. The molecule has 32 heavy (non-hydrogen) atoms. The lowest BCUT2D eigenvalue weighted by Gasteiger charge is -2.13. The molecule has 0 radical (unpaired) electrons. The summed E-state index contributed by atoms with van der Waals surface area (Å²) >= 11 is 3.73. The van der Waals surface area contributed by atoms with Gasteiger partial charge in [-0.15, -0.1) is 0 Å². The van der Waals surface area contributed by atoms with Crippen LogP contribution in [0.3, 0.4) is 0 Å². The van der Waals surface area contributed by atoms with Gasteiger partial charge in [-0.25, -0.2) is 0 Å². The summed E-state index contributed by atoms with van der Waals surface area (Å²) in [5.74, 6) is 0. The highest BCUT2D eigenvalue weighted by atomic mass is 32.2. The van der Waals surface area contributed by atoms with Crippen LogP contribution in [0, 0.1) is 0 Å². The second-order valence-electron chi connectivity index (χ2n) is 8.30. The Morgan fingerprint density at radius 3 is 2.38 bits per heavy atom. The van der Waals surface area contributed by atoms with Gasteiger partial charge in [0.2, 0.25) is 5.52 Å². The Kier molecular flexibility index (Phi) is 4.60. The summed E-state index contributed by atoms with van der Waals surface area (Å²) in [6, 6.07) is 26.2. The molecule has 1 aromatic heterocycles. The van der Waals surface area contributed by atoms with E-state index in [1.807, 2.05) is 23.1 Å². The topological polar surface area (TPSA) is 7.12 Å². The van der Waals surface area contributed by atoms with Crippen LogP contribution in [0.4, 0.5) is 5.69 Å². The first-order valence-corrected chi connectivity index (χ1v) is 12.4. The fourth-order valence-electron chi connectivity index (χ4n) is 4.47. The molecule has 5 aromatic rings. The molecule has 0 saturated heterocycles. The lowest BCUT2D eigenvalue weighted by Crippen LogP contribution is -2.28. The number of aryl methyl sites for hydroxylation is 1. The first-order chi connectivity index (χ1) is 15.6. The number of rotatable bonds is 2. The maximum Gasteiger partial charge on any atom is 0.262 e. The standard InChI is InChI=1S/C28H23N2S2/c1-18(16-25-29(2)23-14-12-19-8-4-6-10-21(19)27(23)31-25)17-26-30(3)24-15-13-20-9-5-7-11-22(20)28(24)32-26/h4-17H,1-3H3/q+1. The maximum atomic E-state index is 2.31. The van der Waals surface area contributed by atoms with Crippen molar-refractivity contribution in [1.29, 1.82) is 0 Å². The van der Waals surface area contributed by atoms with Gasteiger partial charge in [0, 0.05) is 29.5 Å². The first-order valence-electron chi connectivity index (χ1n) is 10.7. The number of aromatic nitrogens is 1. The molecule has 2 nitrogen and oxygen atoms in total. The highest BCUT2D eigenvalue weighted by Crippen LogP contribution is 2.48. The van der Waals surface area contributed by atoms with Gasteiger partial charge in [-0.1, -0.05) is 77.7 Å². The Balaban J connectivity index is 1.40. The molecule has 0 fully saturated rings. The van der Waals surface area contributed by atoms with E-state index in [0.717, 1.165) is 0 Å². The predicted molar refractivity (Wildman–Crippen MR) is 140 cm³/mol. The molecular weight excluding hydrogens is 428 g/mol. The van der Waals surface area contributed by atoms with Crippen molar-refractivity contribution < 1.29 is 4.57 Å². The number of thiazole rings is 1. The number of anilines is 1. The maximum absolute atomic E-state index is 2.31. The molecule has 2 heterocycles. The molecule has 1 aliphatic heterocycles. The lowest BCUT2D eigenvalue weighted by atomic mass is 10.1. The molecule has 0 bridgehead atoms. The second-order valence-corrected chi connectivity index (χ2v) is 10.4. The number of hydrogen-bond acceptors (Lipinski definition) is 3. The Labute approximate surface area is 196 Å². The molecule has 0 amide bonds. The molecule has 156 valence electrons. The van der Waals surface area contributed by atoms with Gasteiger partial charge in [0.05, 0.1) is 10.7 Å². The number of nitrogens with zero attached hydrogens (tertiary/aromatic N) is 2. The van der Waals surface area contributed by atoms with Crippen LogP contribution >= 0.6 is 23.1 Å². The van der Waals surface area contributed by atoms with Crippen LogP contribution in [-0.2, 0) is 7.05 Å². The fourth-order valence-corrected chi connectivity index (χ4v) is 7.06. The zero-order chi connectivity index (χ0) is 21.8. The number of fused-ring (bicyclic) bond motifs is 6. The monoisotopic (exact) mass is 451 g/mol. The third kappa shape index (κ3) is 3.06. The summed E-state index contributed by atoms with van der Waals surface area (Å²) in [5.41, 5.74) is 3.82. The Morgan fingerprint density at radius 2 is 1.56 bits per heavy atom.